The number of hydrogen-bond donors (Lipinski definition) is 11. The van der Waals surface area contributed by atoms with Crippen molar-refractivity contribution in [1.82, 2.24) is 31.9 Å². The van der Waals surface area contributed by atoms with Crippen molar-refractivity contribution < 1.29 is 63.3 Å². The molecule has 0 bridgehead atoms. The zero-order chi connectivity index (χ0) is 41.9. The summed E-state index contributed by atoms with van der Waals surface area (Å²) < 4.78 is 0. The van der Waals surface area contributed by atoms with Crippen LogP contribution in [0, 0.1) is 0 Å². The van der Waals surface area contributed by atoms with Gasteiger partial charge in [0.05, 0.1) is 18.6 Å². The Labute approximate surface area is 333 Å². The highest BCUT2D eigenvalue weighted by Gasteiger charge is 2.28. The first kappa shape index (κ1) is 51.2. The maximum Gasteiger partial charge on any atom is 0.326 e. The number of carboxylic acid groups (broad SMARTS) is 3. The van der Waals surface area contributed by atoms with Gasteiger partial charge >= 0.3 is 17.9 Å². The molecule has 0 fully saturated rings. The summed E-state index contributed by atoms with van der Waals surface area (Å²) in [5, 5.41) is 41.8. The van der Waals surface area contributed by atoms with E-state index in [9.17, 15) is 58.2 Å². The van der Waals surface area contributed by atoms with Crippen LogP contribution in [-0.2, 0) is 47.9 Å². The van der Waals surface area contributed by atoms with Crippen LogP contribution in [-0.4, -0.2) is 160 Å². The molecule has 0 spiro atoms. The Kier molecular flexibility index (Phi) is 27.5. The van der Waals surface area contributed by atoms with E-state index in [1.807, 2.05) is 12.5 Å². The van der Waals surface area contributed by atoms with Crippen molar-refractivity contribution in [3.05, 3.63) is 0 Å². The Morgan fingerprint density at radius 1 is 0.582 bits per heavy atom. The van der Waals surface area contributed by atoms with E-state index in [0.717, 1.165) is 21.6 Å². The van der Waals surface area contributed by atoms with Gasteiger partial charge in [-0.1, -0.05) is 21.6 Å². The number of carboxylic acids is 3. The van der Waals surface area contributed by atoms with Crippen LogP contribution in [0.4, 0.5) is 0 Å². The fraction of sp³-hybridized carbons (Fsp3) is 0.667. The molecule has 55 heavy (non-hydrogen) atoms. The topological polar surface area (TPSA) is 356 Å². The largest absolute Gasteiger partial charge is 0.480 e. The van der Waals surface area contributed by atoms with Crippen molar-refractivity contribution in [3.63, 3.8) is 0 Å². The van der Waals surface area contributed by atoms with Gasteiger partial charge in [0.15, 0.2) is 0 Å². The number of aliphatic carboxylic acids is 3. The lowest BCUT2D eigenvalue weighted by molar-refractivity contribution is -0.143. The van der Waals surface area contributed by atoms with Gasteiger partial charge in [0.2, 0.25) is 35.4 Å². The molecule has 0 aromatic heterocycles. The lowest BCUT2D eigenvalue weighted by Crippen LogP contribution is -2.51. The molecule has 25 heteroatoms. The molecule has 13 N–H and O–H groups in total. The highest BCUT2D eigenvalue weighted by Crippen LogP contribution is 2.23. The fourth-order valence-corrected chi connectivity index (χ4v) is 7.36. The van der Waals surface area contributed by atoms with E-state index < -0.39 is 109 Å². The number of thioether (sulfide) groups is 2. The maximum absolute atomic E-state index is 12.8. The Morgan fingerprint density at radius 2 is 0.982 bits per heavy atom. The first-order chi connectivity index (χ1) is 26.0. The standard InChI is InChI=1S/C30H50N8O13S4/c1-52-11-7-16(31)25(44)37-18(29(48)49)3-5-22(40)35-20(27(46)33-9-10-39)14-54-55-15-21(28(47)34-13-24(42)43)36-23(41)6-4-19(30(50)51)38-26(45)17(32)8-12-53-2/h10,16-21H,3-9,11-15,31-32H2,1-2H3,(H,33,46)(H,34,47)(H,35,40)(H,36,41)(H,37,44)(H,38,45)(H,42,43)(H,48,49)(H,50,51). The van der Waals surface area contributed by atoms with Gasteiger partial charge in [-0.2, -0.15) is 23.5 Å². The number of amides is 6. The minimum absolute atomic E-state index is 0.166. The number of rotatable bonds is 31. The smallest absolute Gasteiger partial charge is 0.326 e. The Morgan fingerprint density at radius 3 is 1.33 bits per heavy atom. The van der Waals surface area contributed by atoms with Crippen molar-refractivity contribution in [3.8, 4) is 0 Å². The van der Waals surface area contributed by atoms with E-state index in [0.29, 0.717) is 30.6 Å². The quantitative estimate of drug-likeness (QED) is 0.0185. The molecule has 0 aliphatic heterocycles. The van der Waals surface area contributed by atoms with Crippen LogP contribution in [0.5, 0.6) is 0 Å². The third-order valence-electron chi connectivity index (χ3n) is 7.12. The molecule has 6 unspecified atom stereocenters. The monoisotopic (exact) mass is 858 g/mol. The summed E-state index contributed by atoms with van der Waals surface area (Å²) in [5.74, 6) is -8.10. The van der Waals surface area contributed by atoms with E-state index >= 15 is 0 Å². The van der Waals surface area contributed by atoms with Crippen LogP contribution in [0.1, 0.15) is 38.5 Å². The molecule has 0 radical (unpaired) electrons. The summed E-state index contributed by atoms with van der Waals surface area (Å²) in [7, 11) is 1.88. The number of carbonyl (C=O) groups excluding carboxylic acids is 7. The third kappa shape index (κ3) is 23.7. The second-order valence-electron chi connectivity index (χ2n) is 11.5. The van der Waals surface area contributed by atoms with Crippen molar-refractivity contribution >= 4 is 105 Å². The van der Waals surface area contributed by atoms with Gasteiger partial charge in [-0.25, -0.2) is 9.59 Å². The van der Waals surface area contributed by atoms with E-state index in [1.54, 1.807) is 0 Å². The minimum Gasteiger partial charge on any atom is -0.480 e. The fourth-order valence-electron chi connectivity index (χ4n) is 4.06. The average molecular weight is 859 g/mol. The van der Waals surface area contributed by atoms with E-state index in [4.69, 9.17) is 16.6 Å². The summed E-state index contributed by atoms with van der Waals surface area (Å²) in [4.78, 5) is 121. The first-order valence-corrected chi connectivity index (χ1v) is 21.8. The van der Waals surface area contributed by atoms with Gasteiger partial charge in [0, 0.05) is 24.3 Å². The Hall–Kier alpha value is -3.78. The van der Waals surface area contributed by atoms with Crippen LogP contribution in [0.3, 0.4) is 0 Å². The Balaban J connectivity index is 5.49. The van der Waals surface area contributed by atoms with Gasteiger partial charge in [-0.3, -0.25) is 33.6 Å². The van der Waals surface area contributed by atoms with Crippen molar-refractivity contribution in [2.45, 2.75) is 74.8 Å². The molecule has 312 valence electrons. The molecular weight excluding hydrogens is 809 g/mol. The van der Waals surface area contributed by atoms with Crippen LogP contribution < -0.4 is 43.4 Å². The summed E-state index contributed by atoms with van der Waals surface area (Å²) in [5.41, 5.74) is 11.6. The number of carbonyl (C=O) groups is 10. The summed E-state index contributed by atoms with van der Waals surface area (Å²) >= 11 is 2.90. The van der Waals surface area contributed by atoms with Crippen LogP contribution >= 0.6 is 45.1 Å². The van der Waals surface area contributed by atoms with Gasteiger partial charge in [0.1, 0.15) is 37.0 Å². The van der Waals surface area contributed by atoms with Crippen molar-refractivity contribution in [1.29, 1.82) is 0 Å². The van der Waals surface area contributed by atoms with E-state index in [1.165, 1.54) is 23.5 Å². The molecule has 0 heterocycles. The summed E-state index contributed by atoms with van der Waals surface area (Å²) in [6.07, 6.45) is 3.03. The minimum atomic E-state index is -1.47. The maximum atomic E-state index is 12.8. The van der Waals surface area contributed by atoms with Gasteiger partial charge in [-0.05, 0) is 49.7 Å². The molecule has 0 saturated carbocycles. The predicted molar refractivity (Wildman–Crippen MR) is 208 cm³/mol. The molecule has 0 saturated heterocycles. The highest BCUT2D eigenvalue weighted by molar-refractivity contribution is 8.76. The second-order valence-corrected chi connectivity index (χ2v) is 16.0. The lowest BCUT2D eigenvalue weighted by atomic mass is 10.1. The highest BCUT2D eigenvalue weighted by atomic mass is 33.1. The van der Waals surface area contributed by atoms with Gasteiger partial charge in [0.25, 0.3) is 0 Å². The number of aldehydes is 1. The molecule has 0 aliphatic rings. The predicted octanol–water partition coefficient (Wildman–Crippen LogP) is -3.29. The average Bonchev–Trinajstić information content (AvgIpc) is 3.13. The zero-order valence-electron chi connectivity index (χ0n) is 30.2. The molecule has 0 aliphatic carbocycles. The second kappa shape index (κ2) is 29.5. The molecule has 6 amide bonds. The third-order valence-corrected chi connectivity index (χ3v) is 10.8. The summed E-state index contributed by atoms with van der Waals surface area (Å²) in [6.45, 7) is -1.17. The SMILES string of the molecule is CSCCC(N)C(=O)NC(CCC(=O)NC(CSSCC(NC(=O)CCC(NC(=O)C(N)CCSC)C(=O)O)C(=O)NCC(=O)O)C(=O)NCC=O)C(=O)O. The molecule has 0 rings (SSSR count). The zero-order valence-corrected chi connectivity index (χ0v) is 33.5. The van der Waals surface area contributed by atoms with Crippen LogP contribution in [0.2, 0.25) is 0 Å². The van der Waals surface area contributed by atoms with Crippen molar-refractivity contribution in [2.24, 2.45) is 11.5 Å². The van der Waals surface area contributed by atoms with Crippen molar-refractivity contribution in [2.75, 3.05) is 48.6 Å². The first-order valence-electron chi connectivity index (χ1n) is 16.6. The molecule has 21 nitrogen and oxygen atoms in total. The molecule has 0 aromatic carbocycles. The Bertz CT molecular complexity index is 1330. The van der Waals surface area contributed by atoms with E-state index in [-0.39, 0.29) is 30.9 Å². The number of hydrogen-bond acceptors (Lipinski definition) is 16. The normalized spacial score (nSPS) is 14.0. The van der Waals surface area contributed by atoms with Gasteiger partial charge < -0.3 is 63.5 Å². The number of nitrogens with two attached hydrogens (primary N) is 2. The molecule has 0 aromatic rings. The van der Waals surface area contributed by atoms with E-state index in [2.05, 4.69) is 31.9 Å². The lowest BCUT2D eigenvalue weighted by Gasteiger charge is -2.21. The van der Waals surface area contributed by atoms with Crippen LogP contribution in [0.15, 0.2) is 0 Å². The number of nitrogens with one attached hydrogen (secondary N) is 6. The molecule has 6 atom stereocenters. The molecular formula is C30H50N8O13S4. The van der Waals surface area contributed by atoms with Gasteiger partial charge in [-0.15, -0.1) is 0 Å². The summed E-state index contributed by atoms with van der Waals surface area (Å²) in [6, 6.07) is -7.46. The van der Waals surface area contributed by atoms with Crippen LogP contribution in [0.25, 0.3) is 0 Å².